The van der Waals surface area contributed by atoms with E-state index in [2.05, 4.69) is 0 Å². The highest BCUT2D eigenvalue weighted by Crippen LogP contribution is 2.39. The van der Waals surface area contributed by atoms with E-state index in [4.69, 9.17) is 16.3 Å². The van der Waals surface area contributed by atoms with Crippen LogP contribution in [0.4, 0.5) is 4.79 Å². The molecule has 0 N–H and O–H groups in total. The summed E-state index contributed by atoms with van der Waals surface area (Å²) in [7, 11) is 0. The van der Waals surface area contributed by atoms with E-state index in [1.165, 1.54) is 19.3 Å². The molecule has 1 aliphatic carbocycles. The Bertz CT molecular complexity index is 508. The average Bonchev–Trinajstić information content (AvgIpc) is 2.48. The summed E-state index contributed by atoms with van der Waals surface area (Å²) in [6.07, 6.45) is 6.48. The van der Waals surface area contributed by atoms with Gasteiger partial charge in [0, 0.05) is 18.0 Å². The molecule has 1 unspecified atom stereocenters. The molecule has 1 aliphatic heterocycles. The molecule has 1 atom stereocenters. The Labute approximate surface area is 131 Å². The maximum atomic E-state index is 12.4. The first-order chi connectivity index (χ1) is 10.1. The Morgan fingerprint density at radius 2 is 1.81 bits per heavy atom. The van der Waals surface area contributed by atoms with Crippen molar-refractivity contribution in [3.63, 3.8) is 0 Å². The maximum absolute atomic E-state index is 12.4. The van der Waals surface area contributed by atoms with Crippen LogP contribution < -0.4 is 0 Å². The van der Waals surface area contributed by atoms with E-state index < -0.39 is 0 Å². The summed E-state index contributed by atoms with van der Waals surface area (Å²) in [5, 5.41) is 0.716. The molecule has 1 aromatic carbocycles. The minimum Gasteiger partial charge on any atom is -0.443 e. The van der Waals surface area contributed by atoms with Gasteiger partial charge in [0.1, 0.15) is 5.60 Å². The number of carbonyl (C=O) groups is 1. The van der Waals surface area contributed by atoms with Crippen LogP contribution in [0.1, 0.15) is 57.1 Å². The van der Waals surface area contributed by atoms with E-state index in [0.717, 1.165) is 31.4 Å². The number of benzene rings is 1. The number of carbonyl (C=O) groups excluding carboxylic acids is 1. The Morgan fingerprint density at radius 3 is 2.43 bits per heavy atom. The molecule has 4 heteroatoms. The second-order valence-corrected chi connectivity index (χ2v) is 6.72. The highest BCUT2D eigenvalue weighted by atomic mass is 35.5. The van der Waals surface area contributed by atoms with Crippen LogP contribution >= 0.6 is 11.6 Å². The van der Waals surface area contributed by atoms with Crippen LogP contribution in [0.15, 0.2) is 24.3 Å². The van der Waals surface area contributed by atoms with Gasteiger partial charge in [-0.05, 0) is 50.3 Å². The second-order valence-electron chi connectivity index (χ2n) is 6.28. The van der Waals surface area contributed by atoms with Crippen LogP contribution in [-0.2, 0) is 4.74 Å². The van der Waals surface area contributed by atoms with E-state index in [-0.39, 0.29) is 17.7 Å². The first-order valence-electron chi connectivity index (χ1n) is 7.85. The second kappa shape index (κ2) is 5.88. The molecule has 1 saturated heterocycles. The zero-order valence-electron chi connectivity index (χ0n) is 12.5. The van der Waals surface area contributed by atoms with Crippen LogP contribution in [0.2, 0.25) is 5.02 Å². The smallest absolute Gasteiger partial charge is 0.410 e. The summed E-state index contributed by atoms with van der Waals surface area (Å²) in [5.41, 5.74) is 0.918. The lowest BCUT2D eigenvalue weighted by Crippen LogP contribution is -2.51. The predicted octanol–water partition coefficient (Wildman–Crippen LogP) is 4.95. The van der Waals surface area contributed by atoms with E-state index in [1.807, 2.05) is 36.1 Å². The topological polar surface area (TPSA) is 29.5 Å². The molecule has 0 radical (unpaired) electrons. The van der Waals surface area contributed by atoms with Gasteiger partial charge in [-0.15, -0.1) is 0 Å². The number of nitrogens with zero attached hydrogens (tertiary/aromatic N) is 1. The Morgan fingerprint density at radius 1 is 1.14 bits per heavy atom. The first kappa shape index (κ1) is 14.7. The number of hydrogen-bond donors (Lipinski definition) is 0. The lowest BCUT2D eigenvalue weighted by molar-refractivity contribution is -0.0751. The van der Waals surface area contributed by atoms with Gasteiger partial charge in [-0.25, -0.2) is 4.79 Å². The number of rotatable bonds is 2. The summed E-state index contributed by atoms with van der Waals surface area (Å²) in [4.78, 5) is 14.3. The van der Waals surface area contributed by atoms with Gasteiger partial charge in [-0.1, -0.05) is 30.2 Å². The summed E-state index contributed by atoms with van der Waals surface area (Å²) >= 11 is 5.92. The van der Waals surface area contributed by atoms with Crippen molar-refractivity contribution < 1.29 is 9.53 Å². The first-order valence-corrected chi connectivity index (χ1v) is 8.23. The van der Waals surface area contributed by atoms with Crippen LogP contribution in [0.5, 0.6) is 0 Å². The fourth-order valence-electron chi connectivity index (χ4n) is 3.53. The molecule has 21 heavy (non-hydrogen) atoms. The zero-order chi connectivity index (χ0) is 14.9. The third-order valence-electron chi connectivity index (χ3n) is 4.93. The Hall–Kier alpha value is -1.22. The molecular formula is C17H22ClNO2. The average molecular weight is 308 g/mol. The maximum Gasteiger partial charge on any atom is 0.410 e. The SMILES string of the molecule is CC(c1ccc(Cl)cc1)N1CCC2(CCCCC2)OC1=O. The molecule has 1 amide bonds. The van der Waals surface area contributed by atoms with Crippen LogP contribution in [0, 0.1) is 0 Å². The molecular weight excluding hydrogens is 286 g/mol. The number of amides is 1. The van der Waals surface area contributed by atoms with Crippen LogP contribution in [0.25, 0.3) is 0 Å². The Kier molecular flexibility index (Phi) is 4.12. The molecule has 0 bridgehead atoms. The molecule has 2 aliphatic rings. The fraction of sp³-hybridized carbons (Fsp3) is 0.588. The molecule has 3 rings (SSSR count). The molecule has 1 heterocycles. The molecule has 0 aromatic heterocycles. The number of halogens is 1. The van der Waals surface area contributed by atoms with Gasteiger partial charge in [-0.2, -0.15) is 0 Å². The van der Waals surface area contributed by atoms with Gasteiger partial charge in [0.05, 0.1) is 6.04 Å². The van der Waals surface area contributed by atoms with Crippen molar-refractivity contribution in [1.29, 1.82) is 0 Å². The number of hydrogen-bond acceptors (Lipinski definition) is 2. The quantitative estimate of drug-likeness (QED) is 0.774. The fourth-order valence-corrected chi connectivity index (χ4v) is 3.66. The van der Waals surface area contributed by atoms with E-state index >= 15 is 0 Å². The van der Waals surface area contributed by atoms with E-state index in [9.17, 15) is 4.79 Å². The summed E-state index contributed by atoms with van der Waals surface area (Å²) in [6, 6.07) is 7.71. The largest absolute Gasteiger partial charge is 0.443 e. The lowest BCUT2D eigenvalue weighted by atomic mass is 9.81. The van der Waals surface area contributed by atoms with Crippen molar-refractivity contribution in [2.75, 3.05) is 6.54 Å². The number of ether oxygens (including phenoxy) is 1. The van der Waals surface area contributed by atoms with E-state index in [0.29, 0.717) is 5.02 Å². The summed E-state index contributed by atoms with van der Waals surface area (Å²) in [6.45, 7) is 2.83. The van der Waals surface area contributed by atoms with Crippen molar-refractivity contribution >= 4 is 17.7 Å². The van der Waals surface area contributed by atoms with Gasteiger partial charge >= 0.3 is 6.09 Å². The van der Waals surface area contributed by atoms with Crippen molar-refractivity contribution in [1.82, 2.24) is 4.90 Å². The highest BCUT2D eigenvalue weighted by Gasteiger charge is 2.42. The predicted molar refractivity (Wildman–Crippen MR) is 83.5 cm³/mol. The zero-order valence-corrected chi connectivity index (χ0v) is 13.2. The van der Waals surface area contributed by atoms with Gasteiger partial charge in [0.15, 0.2) is 0 Å². The summed E-state index contributed by atoms with van der Waals surface area (Å²) in [5.74, 6) is 0. The van der Waals surface area contributed by atoms with Gasteiger partial charge in [-0.3, -0.25) is 0 Å². The van der Waals surface area contributed by atoms with Crippen LogP contribution in [-0.4, -0.2) is 23.1 Å². The molecule has 3 nitrogen and oxygen atoms in total. The highest BCUT2D eigenvalue weighted by molar-refractivity contribution is 6.30. The molecule has 1 spiro atoms. The third-order valence-corrected chi connectivity index (χ3v) is 5.18. The minimum atomic E-state index is -0.175. The van der Waals surface area contributed by atoms with E-state index in [1.54, 1.807) is 0 Å². The summed E-state index contributed by atoms with van der Waals surface area (Å²) < 4.78 is 5.85. The van der Waals surface area contributed by atoms with Crippen molar-refractivity contribution in [2.45, 2.75) is 57.1 Å². The molecule has 1 saturated carbocycles. The molecule has 114 valence electrons. The third kappa shape index (κ3) is 3.03. The molecule has 2 fully saturated rings. The standard InChI is InChI=1S/C17H22ClNO2/c1-13(14-5-7-15(18)8-6-14)19-12-11-17(21-16(19)20)9-3-2-4-10-17/h5-8,13H,2-4,9-12H2,1H3. The van der Waals surface area contributed by atoms with Crippen molar-refractivity contribution in [3.8, 4) is 0 Å². The van der Waals surface area contributed by atoms with Crippen molar-refractivity contribution in [3.05, 3.63) is 34.9 Å². The monoisotopic (exact) mass is 307 g/mol. The van der Waals surface area contributed by atoms with Crippen molar-refractivity contribution in [2.24, 2.45) is 0 Å². The van der Waals surface area contributed by atoms with Gasteiger partial charge in [0.2, 0.25) is 0 Å². The lowest BCUT2D eigenvalue weighted by Gasteiger charge is -2.45. The molecule has 1 aromatic rings. The Balaban J connectivity index is 1.70. The normalized spacial score (nSPS) is 23.0. The van der Waals surface area contributed by atoms with Crippen LogP contribution in [0.3, 0.4) is 0 Å². The van der Waals surface area contributed by atoms with Gasteiger partial charge in [0.25, 0.3) is 0 Å². The van der Waals surface area contributed by atoms with Gasteiger partial charge < -0.3 is 9.64 Å². The minimum absolute atomic E-state index is 0.0238.